The predicted molar refractivity (Wildman–Crippen MR) is 76.3 cm³/mol. The highest BCUT2D eigenvalue weighted by molar-refractivity contribution is 4.77. The van der Waals surface area contributed by atoms with Crippen molar-refractivity contribution in [2.45, 2.75) is 84.1 Å². The number of hydrogen-bond acceptors (Lipinski definition) is 2. The van der Waals surface area contributed by atoms with E-state index in [2.05, 4.69) is 13.8 Å². The monoisotopic (exact) mass is 243 g/mol. The molecule has 0 amide bonds. The number of nitrogens with two attached hydrogens (primary N) is 1. The van der Waals surface area contributed by atoms with Crippen LogP contribution in [0.5, 0.6) is 0 Å². The quantitative estimate of drug-likeness (QED) is 0.519. The maximum Gasteiger partial charge on any atom is 0.0643 e. The second kappa shape index (κ2) is 11.0. The molecular formula is C15H33NO. The van der Waals surface area contributed by atoms with Crippen LogP contribution in [-0.4, -0.2) is 18.8 Å². The van der Waals surface area contributed by atoms with E-state index < -0.39 is 0 Å². The van der Waals surface area contributed by atoms with Crippen molar-refractivity contribution in [2.24, 2.45) is 5.73 Å². The van der Waals surface area contributed by atoms with Crippen molar-refractivity contribution in [1.82, 2.24) is 0 Å². The first kappa shape index (κ1) is 16.9. The zero-order chi connectivity index (χ0) is 13.0. The topological polar surface area (TPSA) is 35.2 Å². The lowest BCUT2D eigenvalue weighted by Gasteiger charge is -2.24. The molecule has 0 aromatic carbocycles. The first-order chi connectivity index (χ1) is 8.12. The van der Waals surface area contributed by atoms with Crippen molar-refractivity contribution in [3.05, 3.63) is 0 Å². The first-order valence-electron chi connectivity index (χ1n) is 7.49. The van der Waals surface area contributed by atoms with Gasteiger partial charge in [-0.25, -0.2) is 0 Å². The van der Waals surface area contributed by atoms with E-state index in [1.807, 2.05) is 6.92 Å². The van der Waals surface area contributed by atoms with Crippen LogP contribution in [0.3, 0.4) is 0 Å². The smallest absolute Gasteiger partial charge is 0.0643 e. The van der Waals surface area contributed by atoms with Crippen LogP contribution < -0.4 is 5.73 Å². The number of hydrogen-bond donors (Lipinski definition) is 1. The molecule has 104 valence electrons. The zero-order valence-corrected chi connectivity index (χ0v) is 12.3. The summed E-state index contributed by atoms with van der Waals surface area (Å²) in [7, 11) is 0. The molecule has 0 bridgehead atoms. The van der Waals surface area contributed by atoms with Gasteiger partial charge in [-0.15, -0.1) is 0 Å². The first-order valence-corrected chi connectivity index (χ1v) is 7.49. The van der Waals surface area contributed by atoms with Gasteiger partial charge in [-0.1, -0.05) is 58.3 Å². The van der Waals surface area contributed by atoms with Crippen molar-refractivity contribution < 1.29 is 4.74 Å². The average molecular weight is 243 g/mol. The van der Waals surface area contributed by atoms with Crippen LogP contribution in [0.15, 0.2) is 0 Å². The van der Waals surface area contributed by atoms with Crippen LogP contribution in [0.1, 0.15) is 78.6 Å². The van der Waals surface area contributed by atoms with E-state index in [-0.39, 0.29) is 5.54 Å². The summed E-state index contributed by atoms with van der Waals surface area (Å²) in [4.78, 5) is 0. The fourth-order valence-corrected chi connectivity index (χ4v) is 2.07. The standard InChI is InChI=1S/C15H33NO/c1-4-6-7-8-9-10-11-12-13-15(3,16)14-17-5-2/h4-14,16H2,1-3H3. The van der Waals surface area contributed by atoms with E-state index in [0.29, 0.717) is 6.61 Å². The Hall–Kier alpha value is -0.0800. The summed E-state index contributed by atoms with van der Waals surface area (Å²) < 4.78 is 5.40. The minimum atomic E-state index is -0.127. The Bertz CT molecular complexity index is 157. The third-order valence-electron chi connectivity index (χ3n) is 3.24. The van der Waals surface area contributed by atoms with Gasteiger partial charge in [0.05, 0.1) is 6.61 Å². The zero-order valence-electron chi connectivity index (χ0n) is 12.3. The lowest BCUT2D eigenvalue weighted by molar-refractivity contribution is 0.0964. The molecule has 2 N–H and O–H groups in total. The van der Waals surface area contributed by atoms with Gasteiger partial charge in [0.25, 0.3) is 0 Å². The summed E-state index contributed by atoms with van der Waals surface area (Å²) in [5.41, 5.74) is 6.03. The molecule has 0 aliphatic carbocycles. The molecule has 0 heterocycles. The summed E-state index contributed by atoms with van der Waals surface area (Å²) >= 11 is 0. The van der Waals surface area contributed by atoms with E-state index in [0.717, 1.165) is 13.0 Å². The summed E-state index contributed by atoms with van der Waals surface area (Å²) in [6, 6.07) is 0. The molecule has 0 aliphatic heterocycles. The lowest BCUT2D eigenvalue weighted by atomic mass is 9.96. The van der Waals surface area contributed by atoms with E-state index in [1.165, 1.54) is 51.4 Å². The lowest BCUT2D eigenvalue weighted by Crippen LogP contribution is -2.41. The molecule has 0 saturated carbocycles. The highest BCUT2D eigenvalue weighted by Crippen LogP contribution is 2.14. The molecule has 0 rings (SSSR count). The minimum Gasteiger partial charge on any atom is -0.380 e. The second-order valence-corrected chi connectivity index (χ2v) is 5.52. The van der Waals surface area contributed by atoms with Crippen LogP contribution in [0.4, 0.5) is 0 Å². The predicted octanol–water partition coefficient (Wildman–Crippen LogP) is 4.27. The molecule has 0 saturated heterocycles. The van der Waals surface area contributed by atoms with E-state index in [1.54, 1.807) is 0 Å². The van der Waals surface area contributed by atoms with Gasteiger partial charge in [0.15, 0.2) is 0 Å². The van der Waals surface area contributed by atoms with Crippen molar-refractivity contribution >= 4 is 0 Å². The Balaban J connectivity index is 3.26. The molecule has 0 aromatic rings. The van der Waals surface area contributed by atoms with Crippen LogP contribution in [0.2, 0.25) is 0 Å². The molecule has 2 heteroatoms. The van der Waals surface area contributed by atoms with Gasteiger partial charge < -0.3 is 10.5 Å². The number of ether oxygens (including phenoxy) is 1. The van der Waals surface area contributed by atoms with Gasteiger partial charge in [-0.3, -0.25) is 0 Å². The molecule has 17 heavy (non-hydrogen) atoms. The molecule has 1 unspecified atom stereocenters. The van der Waals surface area contributed by atoms with E-state index >= 15 is 0 Å². The Morgan fingerprint density at radius 3 is 1.94 bits per heavy atom. The Morgan fingerprint density at radius 1 is 0.882 bits per heavy atom. The highest BCUT2D eigenvalue weighted by atomic mass is 16.5. The molecule has 0 aliphatic rings. The van der Waals surface area contributed by atoms with Gasteiger partial charge in [0.2, 0.25) is 0 Å². The van der Waals surface area contributed by atoms with Crippen molar-refractivity contribution in [1.29, 1.82) is 0 Å². The van der Waals surface area contributed by atoms with Crippen LogP contribution >= 0.6 is 0 Å². The Labute approximate surface area is 108 Å². The molecule has 1 atom stereocenters. The molecular weight excluding hydrogens is 210 g/mol. The number of unbranched alkanes of at least 4 members (excludes halogenated alkanes) is 7. The Kier molecular flexibility index (Phi) is 11.0. The highest BCUT2D eigenvalue weighted by Gasteiger charge is 2.17. The van der Waals surface area contributed by atoms with Gasteiger partial charge >= 0.3 is 0 Å². The van der Waals surface area contributed by atoms with Crippen molar-refractivity contribution in [3.8, 4) is 0 Å². The molecule has 0 fully saturated rings. The molecule has 2 nitrogen and oxygen atoms in total. The fourth-order valence-electron chi connectivity index (χ4n) is 2.07. The molecule has 0 aromatic heterocycles. The fraction of sp³-hybridized carbons (Fsp3) is 1.00. The van der Waals surface area contributed by atoms with Gasteiger partial charge in [0.1, 0.15) is 0 Å². The number of rotatable bonds is 12. The third kappa shape index (κ3) is 12.2. The average Bonchev–Trinajstić information content (AvgIpc) is 2.30. The van der Waals surface area contributed by atoms with Gasteiger partial charge in [0, 0.05) is 12.1 Å². The van der Waals surface area contributed by atoms with Crippen molar-refractivity contribution in [3.63, 3.8) is 0 Å². The largest absolute Gasteiger partial charge is 0.380 e. The normalized spacial score (nSPS) is 14.8. The third-order valence-corrected chi connectivity index (χ3v) is 3.24. The van der Waals surface area contributed by atoms with E-state index in [9.17, 15) is 0 Å². The maximum absolute atomic E-state index is 6.16. The van der Waals surface area contributed by atoms with Crippen molar-refractivity contribution in [2.75, 3.05) is 13.2 Å². The van der Waals surface area contributed by atoms with Crippen LogP contribution in [0.25, 0.3) is 0 Å². The Morgan fingerprint density at radius 2 is 1.41 bits per heavy atom. The summed E-state index contributed by atoms with van der Waals surface area (Å²) in [6.45, 7) is 7.85. The van der Waals surface area contributed by atoms with Crippen LogP contribution in [-0.2, 0) is 4.74 Å². The maximum atomic E-state index is 6.16. The minimum absolute atomic E-state index is 0.127. The summed E-state index contributed by atoms with van der Waals surface area (Å²) in [5, 5.41) is 0. The van der Waals surface area contributed by atoms with Gasteiger partial charge in [-0.2, -0.15) is 0 Å². The van der Waals surface area contributed by atoms with Crippen LogP contribution in [0, 0.1) is 0 Å². The summed E-state index contributed by atoms with van der Waals surface area (Å²) in [6.07, 6.45) is 12.0. The van der Waals surface area contributed by atoms with Gasteiger partial charge in [-0.05, 0) is 20.3 Å². The van der Waals surface area contributed by atoms with E-state index in [4.69, 9.17) is 10.5 Å². The SMILES string of the molecule is CCCCCCCCCCC(C)(N)COCC. The molecule has 0 spiro atoms. The molecule has 0 radical (unpaired) electrons. The summed E-state index contributed by atoms with van der Waals surface area (Å²) in [5.74, 6) is 0. The second-order valence-electron chi connectivity index (χ2n) is 5.52.